The Morgan fingerprint density at radius 2 is 2.29 bits per heavy atom. The minimum absolute atomic E-state index is 0.144. The van der Waals surface area contributed by atoms with E-state index in [1.165, 1.54) is 0 Å². The van der Waals surface area contributed by atoms with E-state index in [0.717, 1.165) is 25.9 Å². The Morgan fingerprint density at radius 1 is 1.64 bits per heavy atom. The van der Waals surface area contributed by atoms with Gasteiger partial charge in [-0.2, -0.15) is 0 Å². The van der Waals surface area contributed by atoms with Crippen LogP contribution in [0.2, 0.25) is 0 Å². The Morgan fingerprint density at radius 3 is 2.71 bits per heavy atom. The van der Waals surface area contributed by atoms with Crippen LogP contribution in [-0.2, 0) is 0 Å². The lowest BCUT2D eigenvalue weighted by Crippen LogP contribution is -2.60. The highest BCUT2D eigenvalue weighted by atomic mass is 16.3. The van der Waals surface area contributed by atoms with Crippen LogP contribution in [0.1, 0.15) is 33.6 Å². The molecule has 0 aliphatic carbocycles. The summed E-state index contributed by atoms with van der Waals surface area (Å²) < 4.78 is 0. The van der Waals surface area contributed by atoms with Gasteiger partial charge in [0.15, 0.2) is 0 Å². The van der Waals surface area contributed by atoms with E-state index in [0.29, 0.717) is 6.54 Å². The molecule has 1 fully saturated rings. The Hall–Kier alpha value is -0.120. The van der Waals surface area contributed by atoms with E-state index in [1.807, 2.05) is 0 Å². The number of hydrogen-bond acceptors (Lipinski definition) is 3. The third-order valence-electron chi connectivity index (χ3n) is 4.22. The zero-order chi connectivity index (χ0) is 10.8. The topological polar surface area (TPSA) is 58.3 Å². The molecule has 1 saturated heterocycles. The zero-order valence-electron chi connectivity index (χ0n) is 9.64. The van der Waals surface area contributed by atoms with Gasteiger partial charge in [-0.15, -0.1) is 0 Å². The van der Waals surface area contributed by atoms with Crippen LogP contribution < -0.4 is 11.1 Å². The van der Waals surface area contributed by atoms with Crippen molar-refractivity contribution in [2.24, 2.45) is 17.1 Å². The van der Waals surface area contributed by atoms with Gasteiger partial charge in [-0.3, -0.25) is 0 Å². The highest BCUT2D eigenvalue weighted by Gasteiger charge is 2.49. The molecular formula is C11H24N2O. The molecule has 0 saturated carbocycles. The van der Waals surface area contributed by atoms with Crippen LogP contribution in [0.5, 0.6) is 0 Å². The van der Waals surface area contributed by atoms with E-state index in [-0.39, 0.29) is 11.3 Å². The van der Waals surface area contributed by atoms with Crippen molar-refractivity contribution >= 4 is 0 Å². The van der Waals surface area contributed by atoms with E-state index < -0.39 is 5.60 Å². The molecule has 1 aliphatic heterocycles. The van der Waals surface area contributed by atoms with Gasteiger partial charge < -0.3 is 16.2 Å². The lowest BCUT2D eigenvalue weighted by Gasteiger charge is -2.50. The molecule has 0 radical (unpaired) electrons. The molecule has 0 spiro atoms. The molecule has 3 atom stereocenters. The summed E-state index contributed by atoms with van der Waals surface area (Å²) in [6.07, 6.45) is 1.75. The average Bonchev–Trinajstić information content (AvgIpc) is 2.21. The van der Waals surface area contributed by atoms with Crippen LogP contribution in [0.15, 0.2) is 0 Å². The number of nitrogens with two attached hydrogens (primary N) is 1. The van der Waals surface area contributed by atoms with Crippen molar-refractivity contribution in [1.82, 2.24) is 5.32 Å². The van der Waals surface area contributed by atoms with Crippen LogP contribution in [0.3, 0.4) is 0 Å². The first kappa shape index (κ1) is 12.0. The molecule has 0 aromatic rings. The molecule has 4 N–H and O–H groups in total. The zero-order valence-corrected chi connectivity index (χ0v) is 9.64. The van der Waals surface area contributed by atoms with Gasteiger partial charge in [-0.05, 0) is 25.3 Å². The van der Waals surface area contributed by atoms with Crippen LogP contribution in [0.4, 0.5) is 0 Å². The van der Waals surface area contributed by atoms with Crippen LogP contribution in [0.25, 0.3) is 0 Å². The summed E-state index contributed by atoms with van der Waals surface area (Å²) in [5.41, 5.74) is 5.08. The predicted molar refractivity (Wildman–Crippen MR) is 59.1 cm³/mol. The fraction of sp³-hybridized carbons (Fsp3) is 1.00. The molecule has 1 rings (SSSR count). The summed E-state index contributed by atoms with van der Waals surface area (Å²) in [6, 6.07) is 0. The smallest absolute Gasteiger partial charge is 0.0762 e. The Balaban J connectivity index is 2.89. The summed E-state index contributed by atoms with van der Waals surface area (Å²) in [5.74, 6) is 0.282. The average molecular weight is 200 g/mol. The summed E-state index contributed by atoms with van der Waals surface area (Å²) in [7, 11) is 0. The molecule has 0 amide bonds. The molecule has 0 aromatic carbocycles. The molecule has 1 heterocycles. The van der Waals surface area contributed by atoms with Crippen molar-refractivity contribution in [1.29, 1.82) is 0 Å². The van der Waals surface area contributed by atoms with Crippen molar-refractivity contribution in [2.45, 2.75) is 39.2 Å². The van der Waals surface area contributed by atoms with E-state index in [9.17, 15) is 5.11 Å². The lowest BCUT2D eigenvalue weighted by molar-refractivity contribution is -0.128. The number of hydrogen-bond donors (Lipinski definition) is 3. The SMILES string of the molecule is CCC(C)(CN)C1(O)CCNCC1C. The van der Waals surface area contributed by atoms with Crippen molar-refractivity contribution in [3.63, 3.8) is 0 Å². The second-order valence-electron chi connectivity index (χ2n) is 4.90. The van der Waals surface area contributed by atoms with Crippen molar-refractivity contribution < 1.29 is 5.11 Å². The summed E-state index contributed by atoms with van der Waals surface area (Å²) in [4.78, 5) is 0. The first-order valence-electron chi connectivity index (χ1n) is 5.63. The molecule has 84 valence electrons. The maximum atomic E-state index is 10.7. The Labute approximate surface area is 87.1 Å². The van der Waals surface area contributed by atoms with Gasteiger partial charge in [-0.25, -0.2) is 0 Å². The van der Waals surface area contributed by atoms with Gasteiger partial charge in [0.2, 0.25) is 0 Å². The molecule has 14 heavy (non-hydrogen) atoms. The number of rotatable bonds is 3. The highest BCUT2D eigenvalue weighted by molar-refractivity contribution is 5.02. The second kappa shape index (κ2) is 4.17. The molecule has 1 aliphatic rings. The Bertz CT molecular complexity index is 192. The minimum atomic E-state index is -0.595. The van der Waals surface area contributed by atoms with Crippen LogP contribution in [0, 0.1) is 11.3 Å². The summed E-state index contributed by atoms with van der Waals surface area (Å²) in [5, 5.41) is 14.0. The number of piperidine rings is 1. The maximum absolute atomic E-state index is 10.7. The second-order valence-corrected chi connectivity index (χ2v) is 4.90. The van der Waals surface area contributed by atoms with E-state index in [1.54, 1.807) is 0 Å². The molecule has 3 unspecified atom stereocenters. The van der Waals surface area contributed by atoms with Gasteiger partial charge in [0.05, 0.1) is 5.60 Å². The van der Waals surface area contributed by atoms with Gasteiger partial charge in [0, 0.05) is 18.5 Å². The van der Waals surface area contributed by atoms with E-state index >= 15 is 0 Å². The van der Waals surface area contributed by atoms with Crippen LogP contribution >= 0.6 is 0 Å². The predicted octanol–water partition coefficient (Wildman–Crippen LogP) is 0.722. The molecule has 3 heteroatoms. The first-order valence-corrected chi connectivity index (χ1v) is 5.63. The summed E-state index contributed by atoms with van der Waals surface area (Å²) >= 11 is 0. The quantitative estimate of drug-likeness (QED) is 0.629. The van der Waals surface area contributed by atoms with E-state index in [2.05, 4.69) is 26.1 Å². The maximum Gasteiger partial charge on any atom is 0.0762 e. The van der Waals surface area contributed by atoms with Gasteiger partial charge >= 0.3 is 0 Å². The number of aliphatic hydroxyl groups is 1. The standard InChI is InChI=1S/C11H24N2O/c1-4-10(3,8-12)11(14)5-6-13-7-9(11)2/h9,13-14H,4-8,12H2,1-3H3. The first-order chi connectivity index (χ1) is 6.50. The monoisotopic (exact) mass is 200 g/mol. The van der Waals surface area contributed by atoms with Crippen molar-refractivity contribution in [2.75, 3.05) is 19.6 Å². The minimum Gasteiger partial charge on any atom is -0.389 e. The van der Waals surface area contributed by atoms with E-state index in [4.69, 9.17) is 5.73 Å². The fourth-order valence-corrected chi connectivity index (χ4v) is 2.54. The molecule has 3 nitrogen and oxygen atoms in total. The molecule has 0 aromatic heterocycles. The highest BCUT2D eigenvalue weighted by Crippen LogP contribution is 2.42. The number of nitrogens with one attached hydrogen (secondary N) is 1. The van der Waals surface area contributed by atoms with Crippen LogP contribution in [-0.4, -0.2) is 30.3 Å². The van der Waals surface area contributed by atoms with Gasteiger partial charge in [0.1, 0.15) is 0 Å². The Kier molecular flexibility index (Phi) is 3.56. The van der Waals surface area contributed by atoms with Gasteiger partial charge in [-0.1, -0.05) is 20.8 Å². The fourth-order valence-electron chi connectivity index (χ4n) is 2.54. The van der Waals surface area contributed by atoms with Crippen molar-refractivity contribution in [3.05, 3.63) is 0 Å². The summed E-state index contributed by atoms with van der Waals surface area (Å²) in [6.45, 7) is 8.68. The largest absolute Gasteiger partial charge is 0.389 e. The molecule has 0 bridgehead atoms. The normalized spacial score (nSPS) is 37.9. The van der Waals surface area contributed by atoms with Crippen molar-refractivity contribution in [3.8, 4) is 0 Å². The lowest BCUT2D eigenvalue weighted by atomic mass is 9.63. The third kappa shape index (κ3) is 1.69. The third-order valence-corrected chi connectivity index (χ3v) is 4.22. The molecular weight excluding hydrogens is 176 g/mol. The van der Waals surface area contributed by atoms with Gasteiger partial charge in [0.25, 0.3) is 0 Å².